The second kappa shape index (κ2) is 5.51. The number of aromatic nitrogens is 2. The summed E-state index contributed by atoms with van der Waals surface area (Å²) < 4.78 is 11.4. The van der Waals surface area contributed by atoms with Crippen LogP contribution >= 0.6 is 0 Å². The van der Waals surface area contributed by atoms with E-state index in [-0.39, 0.29) is 17.5 Å². The zero-order valence-corrected chi connectivity index (χ0v) is 10.1. The van der Waals surface area contributed by atoms with Gasteiger partial charge in [-0.3, -0.25) is 0 Å². The van der Waals surface area contributed by atoms with Gasteiger partial charge in [-0.1, -0.05) is 0 Å². The SMILES string of the molecule is COC(=O)c1cc(B(O)O)n(C2CCCCO2)n1. The van der Waals surface area contributed by atoms with Gasteiger partial charge in [-0.15, -0.1) is 0 Å². The second-order valence-electron chi connectivity index (χ2n) is 4.09. The number of hydrogen-bond donors (Lipinski definition) is 2. The first-order valence-corrected chi connectivity index (χ1v) is 5.79. The lowest BCUT2D eigenvalue weighted by Gasteiger charge is -2.24. The Balaban J connectivity index is 2.31. The average Bonchev–Trinajstić information content (AvgIpc) is 2.84. The zero-order chi connectivity index (χ0) is 13.1. The van der Waals surface area contributed by atoms with E-state index in [0.29, 0.717) is 6.61 Å². The molecule has 0 spiro atoms. The molecular weight excluding hydrogens is 239 g/mol. The third-order valence-electron chi connectivity index (χ3n) is 2.85. The smallest absolute Gasteiger partial charge is 0.464 e. The van der Waals surface area contributed by atoms with E-state index in [1.165, 1.54) is 17.9 Å². The molecule has 8 heteroatoms. The minimum Gasteiger partial charge on any atom is -0.464 e. The number of methoxy groups -OCH3 is 1. The monoisotopic (exact) mass is 254 g/mol. The van der Waals surface area contributed by atoms with Gasteiger partial charge in [-0.2, -0.15) is 5.10 Å². The highest BCUT2D eigenvalue weighted by atomic mass is 16.5. The standard InChI is InChI=1S/C10H15BN2O5/c1-17-10(14)7-6-8(11(15)16)13(12-7)9-4-2-3-5-18-9/h6,9,15-16H,2-5H2,1H3. The van der Waals surface area contributed by atoms with Crippen molar-refractivity contribution in [3.05, 3.63) is 11.8 Å². The lowest BCUT2D eigenvalue weighted by Crippen LogP contribution is -2.39. The molecule has 2 N–H and O–H groups in total. The van der Waals surface area contributed by atoms with E-state index in [4.69, 9.17) is 4.74 Å². The minimum absolute atomic E-state index is 0.0368. The summed E-state index contributed by atoms with van der Waals surface area (Å²) in [5, 5.41) is 22.6. The molecule has 98 valence electrons. The van der Waals surface area contributed by atoms with Crippen LogP contribution in [0.3, 0.4) is 0 Å². The van der Waals surface area contributed by atoms with E-state index in [1.807, 2.05) is 0 Å². The number of hydrogen-bond acceptors (Lipinski definition) is 6. The molecule has 0 radical (unpaired) electrons. The van der Waals surface area contributed by atoms with Crippen LogP contribution in [0.2, 0.25) is 0 Å². The van der Waals surface area contributed by atoms with Gasteiger partial charge >= 0.3 is 13.1 Å². The molecular formula is C10H15BN2O5. The molecule has 0 aromatic carbocycles. The predicted octanol–water partition coefficient (Wildman–Crippen LogP) is -0.951. The third kappa shape index (κ3) is 2.55. The van der Waals surface area contributed by atoms with Crippen molar-refractivity contribution in [2.45, 2.75) is 25.5 Å². The van der Waals surface area contributed by atoms with Crippen molar-refractivity contribution in [2.75, 3.05) is 13.7 Å². The van der Waals surface area contributed by atoms with Gasteiger partial charge in [-0.05, 0) is 25.3 Å². The summed E-state index contributed by atoms with van der Waals surface area (Å²) in [6.45, 7) is 0.596. The first-order chi connectivity index (χ1) is 8.63. The van der Waals surface area contributed by atoms with E-state index in [1.54, 1.807) is 0 Å². The largest absolute Gasteiger partial charge is 0.507 e. The Kier molecular flexibility index (Phi) is 4.00. The number of ether oxygens (including phenoxy) is 2. The summed E-state index contributed by atoms with van der Waals surface area (Å²) in [5.41, 5.74) is 0.164. The fourth-order valence-corrected chi connectivity index (χ4v) is 1.95. The van der Waals surface area contributed by atoms with Crippen molar-refractivity contribution >= 4 is 18.7 Å². The van der Waals surface area contributed by atoms with Gasteiger partial charge < -0.3 is 19.5 Å². The van der Waals surface area contributed by atoms with Crippen LogP contribution in [0.5, 0.6) is 0 Å². The fraction of sp³-hybridized carbons (Fsp3) is 0.600. The number of rotatable bonds is 3. The Morgan fingerprint density at radius 3 is 2.94 bits per heavy atom. The molecule has 1 aromatic heterocycles. The van der Waals surface area contributed by atoms with Crippen LogP contribution in [0.15, 0.2) is 6.07 Å². The van der Waals surface area contributed by atoms with Crippen LogP contribution in [0, 0.1) is 0 Å². The number of carbonyl (C=O) groups excluding carboxylic acids is 1. The second-order valence-corrected chi connectivity index (χ2v) is 4.09. The summed E-state index contributed by atoms with van der Waals surface area (Å²) in [6, 6.07) is 1.30. The molecule has 2 rings (SSSR count). The predicted molar refractivity (Wildman–Crippen MR) is 62.2 cm³/mol. The number of nitrogens with zero attached hydrogens (tertiary/aromatic N) is 2. The van der Waals surface area contributed by atoms with Crippen molar-refractivity contribution in [3.63, 3.8) is 0 Å². The van der Waals surface area contributed by atoms with E-state index >= 15 is 0 Å². The molecule has 1 aliphatic rings. The van der Waals surface area contributed by atoms with E-state index in [2.05, 4.69) is 9.84 Å². The maximum absolute atomic E-state index is 11.4. The molecule has 1 fully saturated rings. The molecule has 7 nitrogen and oxygen atoms in total. The Morgan fingerprint density at radius 1 is 1.61 bits per heavy atom. The summed E-state index contributed by atoms with van der Waals surface area (Å²) >= 11 is 0. The Morgan fingerprint density at radius 2 is 2.39 bits per heavy atom. The van der Waals surface area contributed by atoms with E-state index in [0.717, 1.165) is 19.3 Å². The number of carbonyl (C=O) groups is 1. The van der Waals surface area contributed by atoms with Crippen LogP contribution in [-0.4, -0.2) is 46.6 Å². The van der Waals surface area contributed by atoms with Gasteiger partial charge in [0.2, 0.25) is 0 Å². The van der Waals surface area contributed by atoms with Gasteiger partial charge in [0.15, 0.2) is 5.69 Å². The van der Waals surface area contributed by atoms with Crippen molar-refractivity contribution in [1.29, 1.82) is 0 Å². The molecule has 1 aliphatic heterocycles. The van der Waals surface area contributed by atoms with Gasteiger partial charge in [0.25, 0.3) is 0 Å². The lowest BCUT2D eigenvalue weighted by molar-refractivity contribution is -0.0381. The Hall–Kier alpha value is -1.38. The van der Waals surface area contributed by atoms with Crippen LogP contribution in [0.1, 0.15) is 36.0 Å². The summed E-state index contributed by atoms with van der Waals surface area (Å²) in [4.78, 5) is 11.4. The molecule has 2 heterocycles. The van der Waals surface area contributed by atoms with Crippen LogP contribution in [-0.2, 0) is 9.47 Å². The molecule has 1 unspecified atom stereocenters. The van der Waals surface area contributed by atoms with Crippen molar-refractivity contribution in [1.82, 2.24) is 9.78 Å². The van der Waals surface area contributed by atoms with E-state index < -0.39 is 13.1 Å². The molecule has 0 bridgehead atoms. The highest BCUT2D eigenvalue weighted by Crippen LogP contribution is 2.21. The molecule has 0 saturated carbocycles. The Labute approximate surface area is 104 Å². The van der Waals surface area contributed by atoms with Crippen LogP contribution in [0.4, 0.5) is 0 Å². The van der Waals surface area contributed by atoms with Gasteiger partial charge in [0.05, 0.1) is 12.7 Å². The third-order valence-corrected chi connectivity index (χ3v) is 2.85. The summed E-state index contributed by atoms with van der Waals surface area (Å²) in [7, 11) is -0.463. The molecule has 0 aliphatic carbocycles. The molecule has 1 saturated heterocycles. The highest BCUT2D eigenvalue weighted by Gasteiger charge is 2.28. The fourth-order valence-electron chi connectivity index (χ4n) is 1.95. The van der Waals surface area contributed by atoms with Crippen molar-refractivity contribution in [3.8, 4) is 0 Å². The Bertz CT molecular complexity index is 428. The molecule has 18 heavy (non-hydrogen) atoms. The first-order valence-electron chi connectivity index (χ1n) is 5.79. The maximum Gasteiger partial charge on any atom is 0.507 e. The zero-order valence-electron chi connectivity index (χ0n) is 10.1. The summed E-state index contributed by atoms with van der Waals surface area (Å²) in [6.07, 6.45) is 2.30. The maximum atomic E-state index is 11.4. The first kappa shape index (κ1) is 13.1. The van der Waals surface area contributed by atoms with Gasteiger partial charge in [-0.25, -0.2) is 9.48 Å². The molecule has 1 atom stereocenters. The molecule has 1 aromatic rings. The quantitative estimate of drug-likeness (QED) is 0.533. The topological polar surface area (TPSA) is 93.8 Å². The van der Waals surface area contributed by atoms with E-state index in [9.17, 15) is 14.8 Å². The van der Waals surface area contributed by atoms with Crippen LogP contribution < -0.4 is 5.59 Å². The van der Waals surface area contributed by atoms with Gasteiger partial charge in [0.1, 0.15) is 6.23 Å². The molecule has 0 amide bonds. The number of esters is 1. The van der Waals surface area contributed by atoms with Crippen molar-refractivity contribution in [2.24, 2.45) is 0 Å². The lowest BCUT2D eigenvalue weighted by atomic mass is 9.85. The van der Waals surface area contributed by atoms with Crippen LogP contribution in [0.25, 0.3) is 0 Å². The normalized spacial score (nSPS) is 19.6. The highest BCUT2D eigenvalue weighted by molar-refractivity contribution is 6.57. The van der Waals surface area contributed by atoms with Crippen molar-refractivity contribution < 1.29 is 24.3 Å². The van der Waals surface area contributed by atoms with Gasteiger partial charge in [0, 0.05) is 6.61 Å². The average molecular weight is 254 g/mol. The summed E-state index contributed by atoms with van der Waals surface area (Å²) in [5.74, 6) is -0.619. The minimum atomic E-state index is -1.71.